The van der Waals surface area contributed by atoms with Gasteiger partial charge < -0.3 is 5.32 Å². The summed E-state index contributed by atoms with van der Waals surface area (Å²) in [6.45, 7) is 3.98. The summed E-state index contributed by atoms with van der Waals surface area (Å²) in [6.07, 6.45) is 0.181. The predicted octanol–water partition coefficient (Wildman–Crippen LogP) is 3.05. The van der Waals surface area contributed by atoms with Gasteiger partial charge in [-0.15, -0.1) is 0 Å². The minimum absolute atomic E-state index is 0.165. The van der Waals surface area contributed by atoms with Crippen molar-refractivity contribution in [2.45, 2.75) is 26.3 Å². The van der Waals surface area contributed by atoms with Crippen LogP contribution in [0.25, 0.3) is 0 Å². The van der Waals surface area contributed by atoms with Crippen LogP contribution >= 0.6 is 0 Å². The molecular formula is C18H18N2O2. The van der Waals surface area contributed by atoms with Gasteiger partial charge in [0.05, 0.1) is 12.1 Å². The van der Waals surface area contributed by atoms with Gasteiger partial charge >= 0.3 is 0 Å². The van der Waals surface area contributed by atoms with Crippen LogP contribution in [0.1, 0.15) is 17.5 Å². The first-order chi connectivity index (χ1) is 10.6. The summed E-state index contributed by atoms with van der Waals surface area (Å²) in [6, 6.07) is 14.6. The van der Waals surface area contributed by atoms with Crippen LogP contribution in [0, 0.1) is 13.8 Å². The van der Waals surface area contributed by atoms with Gasteiger partial charge in [0.2, 0.25) is 5.91 Å². The van der Waals surface area contributed by atoms with E-state index in [2.05, 4.69) is 5.32 Å². The van der Waals surface area contributed by atoms with Crippen molar-refractivity contribution in [2.24, 2.45) is 0 Å². The normalized spacial score (nSPS) is 17.9. The lowest BCUT2D eigenvalue weighted by atomic mass is 10.1. The molecule has 2 aromatic rings. The Bertz CT molecular complexity index is 725. The number of benzene rings is 2. The van der Waals surface area contributed by atoms with Crippen LogP contribution < -0.4 is 10.2 Å². The summed E-state index contributed by atoms with van der Waals surface area (Å²) in [5.74, 6) is -0.362. The Kier molecular flexibility index (Phi) is 3.67. The fourth-order valence-electron chi connectivity index (χ4n) is 2.62. The number of carbonyl (C=O) groups excluding carboxylic acids is 2. The van der Waals surface area contributed by atoms with E-state index in [9.17, 15) is 9.59 Å². The van der Waals surface area contributed by atoms with Crippen LogP contribution in [-0.4, -0.2) is 17.9 Å². The molecule has 112 valence electrons. The van der Waals surface area contributed by atoms with E-state index in [1.807, 2.05) is 62.4 Å². The summed E-state index contributed by atoms with van der Waals surface area (Å²) >= 11 is 0. The third-order valence-corrected chi connectivity index (χ3v) is 4.01. The van der Waals surface area contributed by atoms with E-state index in [1.165, 1.54) is 4.90 Å². The number of hydrogen-bond donors (Lipinski definition) is 1. The Balaban J connectivity index is 1.83. The Morgan fingerprint density at radius 1 is 1.00 bits per heavy atom. The van der Waals surface area contributed by atoms with Crippen molar-refractivity contribution in [3.05, 3.63) is 59.7 Å². The van der Waals surface area contributed by atoms with E-state index in [1.54, 1.807) is 0 Å². The summed E-state index contributed by atoms with van der Waals surface area (Å²) in [7, 11) is 0. The van der Waals surface area contributed by atoms with E-state index in [-0.39, 0.29) is 18.2 Å². The van der Waals surface area contributed by atoms with Gasteiger partial charge in [-0.2, -0.15) is 0 Å². The molecule has 1 heterocycles. The maximum absolute atomic E-state index is 12.6. The van der Waals surface area contributed by atoms with Crippen molar-refractivity contribution >= 4 is 23.2 Å². The lowest BCUT2D eigenvalue weighted by Crippen LogP contribution is -2.34. The van der Waals surface area contributed by atoms with Crippen LogP contribution in [0.4, 0.5) is 11.4 Å². The smallest absolute Gasteiger partial charge is 0.256 e. The number of aryl methyl sites for hydroxylation is 2. The van der Waals surface area contributed by atoms with Crippen LogP contribution in [0.15, 0.2) is 48.5 Å². The molecule has 0 spiro atoms. The molecule has 1 saturated heterocycles. The number of anilines is 2. The second kappa shape index (κ2) is 5.64. The number of carbonyl (C=O) groups is 2. The topological polar surface area (TPSA) is 49.4 Å². The maximum atomic E-state index is 12.6. The molecule has 1 atom stereocenters. The highest BCUT2D eigenvalue weighted by molar-refractivity contribution is 6.23. The molecule has 0 aromatic heterocycles. The first-order valence-corrected chi connectivity index (χ1v) is 7.32. The molecule has 0 aliphatic carbocycles. The highest BCUT2D eigenvalue weighted by Gasteiger charge is 2.39. The van der Waals surface area contributed by atoms with Crippen molar-refractivity contribution < 1.29 is 9.59 Å². The molecule has 0 radical (unpaired) electrons. The fourth-order valence-corrected chi connectivity index (χ4v) is 2.62. The molecule has 1 N–H and O–H groups in total. The first kappa shape index (κ1) is 14.3. The first-order valence-electron chi connectivity index (χ1n) is 7.32. The molecule has 0 saturated carbocycles. The third-order valence-electron chi connectivity index (χ3n) is 4.01. The third kappa shape index (κ3) is 2.60. The zero-order valence-corrected chi connectivity index (χ0v) is 12.7. The summed E-state index contributed by atoms with van der Waals surface area (Å²) in [4.78, 5) is 26.1. The van der Waals surface area contributed by atoms with E-state index in [4.69, 9.17) is 0 Å². The molecule has 4 heteroatoms. The number of amides is 2. The lowest BCUT2D eigenvalue weighted by Gasteiger charge is -2.17. The maximum Gasteiger partial charge on any atom is 0.256 e. The lowest BCUT2D eigenvalue weighted by molar-refractivity contribution is -0.121. The summed E-state index contributed by atoms with van der Waals surface area (Å²) in [5, 5.41) is 3.13. The van der Waals surface area contributed by atoms with Gasteiger partial charge in [-0.25, -0.2) is 4.90 Å². The number of para-hydroxylation sites is 1. The number of nitrogens with one attached hydrogen (secondary N) is 1. The van der Waals surface area contributed by atoms with Crippen LogP contribution in [-0.2, 0) is 9.59 Å². The SMILES string of the molecule is Cc1ccc(N2C(=O)CC(Nc3ccccc3)C2=O)cc1C. The Labute approximate surface area is 129 Å². The van der Waals surface area contributed by atoms with Crippen LogP contribution in [0.2, 0.25) is 0 Å². The summed E-state index contributed by atoms with van der Waals surface area (Å²) < 4.78 is 0. The van der Waals surface area contributed by atoms with Gasteiger partial charge in [-0.1, -0.05) is 24.3 Å². The average molecular weight is 294 g/mol. The Hall–Kier alpha value is -2.62. The highest BCUT2D eigenvalue weighted by atomic mass is 16.2. The quantitative estimate of drug-likeness (QED) is 0.885. The molecular weight excluding hydrogens is 276 g/mol. The number of hydrogen-bond acceptors (Lipinski definition) is 3. The van der Waals surface area contributed by atoms with Crippen molar-refractivity contribution in [3.63, 3.8) is 0 Å². The van der Waals surface area contributed by atoms with Gasteiger partial charge in [0, 0.05) is 5.69 Å². The minimum atomic E-state index is -0.503. The molecule has 0 bridgehead atoms. The molecule has 2 amide bonds. The Morgan fingerprint density at radius 2 is 1.73 bits per heavy atom. The van der Waals surface area contributed by atoms with Crippen LogP contribution in [0.5, 0.6) is 0 Å². The van der Waals surface area contributed by atoms with Crippen molar-refractivity contribution in [1.29, 1.82) is 0 Å². The predicted molar refractivity (Wildman–Crippen MR) is 86.9 cm³/mol. The van der Waals surface area contributed by atoms with Crippen molar-refractivity contribution in [1.82, 2.24) is 0 Å². The van der Waals surface area contributed by atoms with Crippen molar-refractivity contribution in [3.8, 4) is 0 Å². The van der Waals surface area contributed by atoms with Gasteiger partial charge in [-0.3, -0.25) is 9.59 Å². The van der Waals surface area contributed by atoms with Crippen LogP contribution in [0.3, 0.4) is 0 Å². The van der Waals surface area contributed by atoms with E-state index in [0.717, 1.165) is 16.8 Å². The second-order valence-corrected chi connectivity index (χ2v) is 5.60. The molecule has 2 aromatic carbocycles. The molecule has 1 fully saturated rings. The molecule has 3 rings (SSSR count). The average Bonchev–Trinajstić information content (AvgIpc) is 2.78. The number of nitrogens with zero attached hydrogens (tertiary/aromatic N) is 1. The molecule has 4 nitrogen and oxygen atoms in total. The van der Waals surface area contributed by atoms with Gasteiger partial charge in [0.1, 0.15) is 6.04 Å². The van der Waals surface area contributed by atoms with E-state index < -0.39 is 6.04 Å². The minimum Gasteiger partial charge on any atom is -0.373 e. The molecule has 1 aliphatic heterocycles. The second-order valence-electron chi connectivity index (χ2n) is 5.60. The van der Waals surface area contributed by atoms with Gasteiger partial charge in [0.15, 0.2) is 0 Å². The Morgan fingerprint density at radius 3 is 2.41 bits per heavy atom. The van der Waals surface area contributed by atoms with E-state index in [0.29, 0.717) is 5.69 Å². The standard InChI is InChI=1S/C18H18N2O2/c1-12-8-9-15(10-13(12)2)20-17(21)11-16(18(20)22)19-14-6-4-3-5-7-14/h3-10,16,19H,11H2,1-2H3. The molecule has 1 aliphatic rings. The zero-order chi connectivity index (χ0) is 15.7. The van der Waals surface area contributed by atoms with Gasteiger partial charge in [-0.05, 0) is 49.2 Å². The largest absolute Gasteiger partial charge is 0.373 e. The zero-order valence-electron chi connectivity index (χ0n) is 12.7. The molecule has 1 unspecified atom stereocenters. The van der Waals surface area contributed by atoms with Gasteiger partial charge in [0.25, 0.3) is 5.91 Å². The van der Waals surface area contributed by atoms with Crippen molar-refractivity contribution in [2.75, 3.05) is 10.2 Å². The molecule has 22 heavy (non-hydrogen) atoms. The van der Waals surface area contributed by atoms with E-state index >= 15 is 0 Å². The highest BCUT2D eigenvalue weighted by Crippen LogP contribution is 2.26. The fraction of sp³-hybridized carbons (Fsp3) is 0.222. The monoisotopic (exact) mass is 294 g/mol. The summed E-state index contributed by atoms with van der Waals surface area (Å²) in [5.41, 5.74) is 3.70. The number of rotatable bonds is 3. The number of imide groups is 1.